The largest absolute Gasteiger partial charge is 0.463 e. The molecule has 2 aromatic heterocycles. The van der Waals surface area contributed by atoms with E-state index in [9.17, 15) is 19.9 Å². The van der Waals surface area contributed by atoms with Crippen molar-refractivity contribution in [1.82, 2.24) is 24.6 Å². The molecule has 1 aliphatic rings. The fraction of sp³-hybridized carbons (Fsp3) is 0.480. The molecule has 14 nitrogen and oxygen atoms in total. The van der Waals surface area contributed by atoms with Crippen molar-refractivity contribution in [3.8, 4) is 5.75 Å². The Morgan fingerprint density at radius 1 is 1.34 bits per heavy atom. The van der Waals surface area contributed by atoms with Crippen LogP contribution < -0.4 is 21.1 Å². The number of nitrogens with one attached hydrogen (secondary N) is 2. The molecule has 4 rings (SSSR count). The Kier molecular flexibility index (Phi) is 8.81. The van der Waals surface area contributed by atoms with Crippen molar-refractivity contribution < 1.29 is 33.8 Å². The molecule has 0 aliphatic carbocycles. The van der Waals surface area contributed by atoms with E-state index < -0.39 is 36.2 Å². The van der Waals surface area contributed by atoms with E-state index in [1.807, 2.05) is 39.0 Å². The van der Waals surface area contributed by atoms with Crippen molar-refractivity contribution >= 4 is 35.6 Å². The first-order valence-electron chi connectivity index (χ1n) is 12.7. The van der Waals surface area contributed by atoms with Crippen LogP contribution in [-0.4, -0.2) is 65.6 Å². The lowest BCUT2D eigenvalue weighted by Crippen LogP contribution is -2.44. The Hall–Kier alpha value is -3.04. The van der Waals surface area contributed by atoms with Gasteiger partial charge in [-0.25, -0.2) is 4.98 Å². The number of para-hydroxylation sites is 1. The Bertz CT molecular complexity index is 1520. The van der Waals surface area contributed by atoms with Crippen LogP contribution in [-0.2, 0) is 25.8 Å². The van der Waals surface area contributed by atoms with E-state index >= 15 is 0 Å². The van der Waals surface area contributed by atoms with Crippen LogP contribution in [0.5, 0.6) is 5.75 Å². The van der Waals surface area contributed by atoms with E-state index in [-0.39, 0.29) is 35.1 Å². The molecule has 1 fully saturated rings. The van der Waals surface area contributed by atoms with E-state index in [4.69, 9.17) is 36.3 Å². The summed E-state index contributed by atoms with van der Waals surface area (Å²) in [6.45, 7) is 5.18. The van der Waals surface area contributed by atoms with Crippen LogP contribution in [0.3, 0.4) is 0 Å². The van der Waals surface area contributed by atoms with Gasteiger partial charge < -0.3 is 44.7 Å². The van der Waals surface area contributed by atoms with Crippen molar-refractivity contribution in [3.63, 3.8) is 0 Å². The summed E-state index contributed by atoms with van der Waals surface area (Å²) < 4.78 is 24.6. The highest BCUT2D eigenvalue weighted by molar-refractivity contribution is 8.08. The molecule has 1 aliphatic heterocycles. The summed E-state index contributed by atoms with van der Waals surface area (Å²) in [4.78, 5) is 33.5. The molecule has 1 saturated heterocycles. The van der Waals surface area contributed by atoms with E-state index in [2.05, 4.69) is 20.0 Å². The molecule has 0 saturated carbocycles. The van der Waals surface area contributed by atoms with Gasteiger partial charge in [-0.2, -0.15) is 4.98 Å². The van der Waals surface area contributed by atoms with Gasteiger partial charge in [0.1, 0.15) is 23.6 Å². The lowest BCUT2D eigenvalue weighted by atomic mass is 9.96. The van der Waals surface area contributed by atoms with Gasteiger partial charge in [-0.1, -0.05) is 39.0 Å². The predicted octanol–water partition coefficient (Wildman–Crippen LogP) is 1.86. The maximum atomic E-state index is 12.2. The third-order valence-electron chi connectivity index (χ3n) is 6.08. The normalized spacial score (nSPS) is 25.0. The zero-order valence-electron chi connectivity index (χ0n) is 23.3. The van der Waals surface area contributed by atoms with Gasteiger partial charge in [0.15, 0.2) is 17.4 Å². The first kappa shape index (κ1) is 30.9. The zero-order chi connectivity index (χ0) is 30.2. The van der Waals surface area contributed by atoms with Crippen molar-refractivity contribution in [2.24, 2.45) is 5.41 Å². The Morgan fingerprint density at radius 2 is 2.02 bits per heavy atom. The molecule has 7 N–H and O–H groups in total. The molecule has 1 aromatic carbocycles. The molecule has 3 heterocycles. The van der Waals surface area contributed by atoms with Gasteiger partial charge in [0.2, 0.25) is 5.95 Å². The average molecular weight is 611 g/mol. The van der Waals surface area contributed by atoms with E-state index in [0.29, 0.717) is 18.1 Å². The monoisotopic (exact) mass is 610 g/mol. The number of hydrogen-bond donors (Lipinski definition) is 6. The predicted molar refractivity (Wildman–Crippen MR) is 154 cm³/mol. The lowest BCUT2D eigenvalue weighted by molar-refractivity contribution is -0.0947. The van der Waals surface area contributed by atoms with Crippen molar-refractivity contribution in [1.29, 1.82) is 0 Å². The molecular weight excluding hydrogens is 575 g/mol. The number of nitrogens with zero attached hydrogens (tertiary/aromatic N) is 3. The van der Waals surface area contributed by atoms with Gasteiger partial charge in [0, 0.05) is 0 Å². The summed E-state index contributed by atoms with van der Waals surface area (Å²) in [5, 5.41) is 24.7. The summed E-state index contributed by atoms with van der Waals surface area (Å²) in [6.07, 6.45) is -2.56. The second kappa shape index (κ2) is 11.7. The van der Waals surface area contributed by atoms with Gasteiger partial charge in [0.25, 0.3) is 12.2 Å². The number of allylic oxidation sites excluding steroid dienone is 1. The average Bonchev–Trinajstić information content (AvgIpc) is 3.38. The topological polar surface area (TPSA) is 199 Å². The van der Waals surface area contributed by atoms with Crippen LogP contribution in [0.4, 0.5) is 5.95 Å². The highest BCUT2D eigenvalue weighted by Crippen LogP contribution is 2.44. The van der Waals surface area contributed by atoms with Crippen LogP contribution in [0.1, 0.15) is 40.8 Å². The van der Waals surface area contributed by atoms with Crippen molar-refractivity contribution in [2.45, 2.75) is 58.7 Å². The molecule has 1 unspecified atom stereocenters. The highest BCUT2D eigenvalue weighted by atomic mass is 32.5. The number of nitrogens with two attached hydrogens (primary N) is 1. The van der Waals surface area contributed by atoms with Crippen LogP contribution in [0.2, 0.25) is 0 Å². The first-order chi connectivity index (χ1) is 19.1. The molecule has 0 amide bonds. The third kappa shape index (κ3) is 7.25. The van der Waals surface area contributed by atoms with Crippen LogP contribution >= 0.6 is 6.64 Å². The summed E-state index contributed by atoms with van der Waals surface area (Å²) in [7, 11) is 0. The zero-order valence-corrected chi connectivity index (χ0v) is 25.0. The molecule has 0 bridgehead atoms. The second-order valence-electron chi connectivity index (χ2n) is 11.1. The maximum Gasteiger partial charge on any atom is 0.304 e. The molecular formula is C25H35N6O8PS. The van der Waals surface area contributed by atoms with Gasteiger partial charge >= 0.3 is 5.95 Å². The smallest absolute Gasteiger partial charge is 0.304 e. The number of aliphatic hydroxyl groups is 2. The lowest BCUT2D eigenvalue weighted by Gasteiger charge is -2.27. The summed E-state index contributed by atoms with van der Waals surface area (Å²) >= 11 is 5.30. The quantitative estimate of drug-likeness (QED) is 0.144. The van der Waals surface area contributed by atoms with Crippen molar-refractivity contribution in [3.05, 3.63) is 58.7 Å². The summed E-state index contributed by atoms with van der Waals surface area (Å²) in [5.41, 5.74) is 3.39. The number of benzene rings is 1. The third-order valence-corrected chi connectivity index (χ3v) is 7.78. The Balaban J connectivity index is 1.49. The first-order valence-corrected chi connectivity index (χ1v) is 15.3. The number of hydrogen-bond acceptors (Lipinski definition) is 11. The Labute approximate surface area is 241 Å². The van der Waals surface area contributed by atoms with Gasteiger partial charge in [-0.05, 0) is 43.2 Å². The standard InChI is InChI=1S/C25H35N6O8PS/c1-14(21(36-12-24(2,3)4)38-15-9-7-6-8-10-15)30-40(35,41)37-11-16-18(32)25(5,34)22(39-16)31-13-27-17-19(31)28-23(26)29-20(17)33/h6-10,13,16,18,22,32,34H,11-12H2,1-5H3,(H2,30,35,41)(H3,26,28,29,33)/t16-,18-,22-,25-,40?/m1/s1. The summed E-state index contributed by atoms with van der Waals surface area (Å²) in [6, 6.07) is 8.97. The molecule has 41 heavy (non-hydrogen) atoms. The number of aromatic amines is 1. The number of H-pyrrole nitrogens is 1. The maximum absolute atomic E-state index is 12.2. The molecule has 5 atom stereocenters. The van der Waals surface area contributed by atoms with E-state index in [1.165, 1.54) is 17.8 Å². The minimum Gasteiger partial charge on any atom is -0.463 e. The second-order valence-corrected chi connectivity index (χ2v) is 14.1. The number of aromatic nitrogens is 4. The number of rotatable bonds is 10. The summed E-state index contributed by atoms with van der Waals surface area (Å²) in [5.74, 6) is 0.470. The number of anilines is 1. The number of nitrogen functional groups attached to an aromatic ring is 1. The van der Waals surface area contributed by atoms with E-state index in [0.717, 1.165) is 0 Å². The van der Waals surface area contributed by atoms with Crippen LogP contribution in [0.25, 0.3) is 11.2 Å². The number of fused-ring (bicyclic) bond motifs is 1. The molecule has 0 radical (unpaired) electrons. The molecule has 224 valence electrons. The highest BCUT2D eigenvalue weighted by Gasteiger charge is 2.54. The molecule has 3 aromatic rings. The number of imidazole rings is 1. The minimum absolute atomic E-state index is 0.0210. The van der Waals surface area contributed by atoms with Crippen LogP contribution in [0, 0.1) is 5.41 Å². The van der Waals surface area contributed by atoms with E-state index in [1.54, 1.807) is 19.1 Å². The van der Waals surface area contributed by atoms with Gasteiger partial charge in [-0.15, -0.1) is 0 Å². The SMILES string of the molecule is CC(NP(O)(=S)OC[C@H]1O[C@@H](n2cnc3c(=O)[nH]c(N)nc32)[C@](C)(O)[C@@H]1O)=C(OCC(C)(C)C)Oc1ccccc1. The Morgan fingerprint density at radius 3 is 2.68 bits per heavy atom. The molecule has 16 heteroatoms. The van der Waals surface area contributed by atoms with Gasteiger partial charge in [-0.3, -0.25) is 14.3 Å². The van der Waals surface area contributed by atoms with Crippen molar-refractivity contribution in [2.75, 3.05) is 18.9 Å². The molecule has 0 spiro atoms. The fourth-order valence-electron chi connectivity index (χ4n) is 4.05. The fourth-order valence-corrected chi connectivity index (χ4v) is 5.57. The van der Waals surface area contributed by atoms with Crippen LogP contribution in [0.15, 0.2) is 53.1 Å². The number of ether oxygens (including phenoxy) is 3. The minimum atomic E-state index is -3.73. The number of aliphatic hydroxyl groups excluding tert-OH is 1. The van der Waals surface area contributed by atoms with Gasteiger partial charge in [0.05, 0.1) is 25.2 Å².